The largest absolute Gasteiger partial charge is 0.472 e. The molecule has 3 nitrogen and oxygen atoms in total. The van der Waals surface area contributed by atoms with Gasteiger partial charge in [-0.05, 0) is 50.5 Å². The van der Waals surface area contributed by atoms with Crippen molar-refractivity contribution in [2.75, 3.05) is 13.1 Å². The molecule has 2 rings (SSSR count). The van der Waals surface area contributed by atoms with Gasteiger partial charge in [0.2, 0.25) is 0 Å². The van der Waals surface area contributed by atoms with E-state index in [1.165, 1.54) is 0 Å². The minimum absolute atomic E-state index is 0.0199. The number of aryl methyl sites for hydroxylation is 1. The molecule has 0 radical (unpaired) electrons. The zero-order valence-electron chi connectivity index (χ0n) is 15.3. The molecule has 2 aromatic carbocycles. The molecule has 0 aliphatic heterocycles. The topological polar surface area (TPSA) is 21.7 Å². The van der Waals surface area contributed by atoms with Gasteiger partial charge in [-0.25, -0.2) is 0 Å². The summed E-state index contributed by atoms with van der Waals surface area (Å²) >= 11 is 0. The summed E-state index contributed by atoms with van der Waals surface area (Å²) in [6.45, 7) is 10.6. The lowest BCUT2D eigenvalue weighted by Crippen LogP contribution is -2.38. The van der Waals surface area contributed by atoms with E-state index in [4.69, 9.17) is 9.47 Å². The fraction of sp³-hybridized carbons (Fsp3) is 0.429. The van der Waals surface area contributed by atoms with Crippen molar-refractivity contribution in [3.63, 3.8) is 0 Å². The van der Waals surface area contributed by atoms with Crippen molar-refractivity contribution >= 4 is 0 Å². The molecule has 0 amide bonds. The molecule has 0 fully saturated rings. The Morgan fingerprint density at radius 1 is 0.833 bits per heavy atom. The lowest BCUT2D eigenvalue weighted by atomic mass is 10.2. The van der Waals surface area contributed by atoms with Gasteiger partial charge in [-0.3, -0.25) is 4.90 Å². The van der Waals surface area contributed by atoms with Crippen LogP contribution in [0.2, 0.25) is 0 Å². The summed E-state index contributed by atoms with van der Waals surface area (Å²) in [7, 11) is 0. The summed E-state index contributed by atoms with van der Waals surface area (Å²) in [5, 5.41) is 0. The second kappa shape index (κ2) is 9.33. The molecule has 0 aliphatic carbocycles. The summed E-state index contributed by atoms with van der Waals surface area (Å²) in [5.74, 6) is 2.40. The SMILES string of the molecule is CCCN(CCC)C(C)Oc1ccccc1Oc1ccccc1C. The quantitative estimate of drug-likeness (QED) is 0.557. The van der Waals surface area contributed by atoms with Gasteiger partial charge < -0.3 is 9.47 Å². The van der Waals surface area contributed by atoms with Crippen molar-refractivity contribution < 1.29 is 9.47 Å². The van der Waals surface area contributed by atoms with Gasteiger partial charge in [0.05, 0.1) is 0 Å². The first-order valence-electron chi connectivity index (χ1n) is 8.88. The second-order valence-corrected chi connectivity index (χ2v) is 6.07. The van der Waals surface area contributed by atoms with Crippen molar-refractivity contribution in [1.82, 2.24) is 4.90 Å². The normalized spacial score (nSPS) is 12.2. The van der Waals surface area contributed by atoms with Gasteiger partial charge in [0.25, 0.3) is 0 Å². The van der Waals surface area contributed by atoms with E-state index in [0.29, 0.717) is 0 Å². The standard InChI is InChI=1S/C21H29NO2/c1-5-15-22(16-6-2)18(4)23-20-13-9-10-14-21(20)24-19-12-8-7-11-17(19)3/h7-14,18H,5-6,15-16H2,1-4H3. The van der Waals surface area contributed by atoms with E-state index in [-0.39, 0.29) is 6.23 Å². The van der Waals surface area contributed by atoms with E-state index < -0.39 is 0 Å². The fourth-order valence-electron chi connectivity index (χ4n) is 2.73. The van der Waals surface area contributed by atoms with Crippen LogP contribution in [0.15, 0.2) is 48.5 Å². The van der Waals surface area contributed by atoms with Crippen molar-refractivity contribution in [1.29, 1.82) is 0 Å². The van der Waals surface area contributed by atoms with Crippen LogP contribution in [0.3, 0.4) is 0 Å². The number of nitrogens with zero attached hydrogens (tertiary/aromatic N) is 1. The lowest BCUT2D eigenvalue weighted by Gasteiger charge is -2.29. The average molecular weight is 327 g/mol. The molecule has 0 heterocycles. The Bertz CT molecular complexity index is 621. The highest BCUT2D eigenvalue weighted by Crippen LogP contribution is 2.33. The summed E-state index contributed by atoms with van der Waals surface area (Å²) < 4.78 is 12.3. The monoisotopic (exact) mass is 327 g/mol. The minimum atomic E-state index is 0.0199. The molecule has 1 unspecified atom stereocenters. The average Bonchev–Trinajstić information content (AvgIpc) is 2.58. The summed E-state index contributed by atoms with van der Waals surface area (Å²) in [6.07, 6.45) is 2.26. The van der Waals surface area contributed by atoms with Crippen molar-refractivity contribution in [2.24, 2.45) is 0 Å². The fourth-order valence-corrected chi connectivity index (χ4v) is 2.73. The van der Waals surface area contributed by atoms with Crippen molar-refractivity contribution in [3.8, 4) is 17.2 Å². The molecule has 0 aliphatic rings. The molecule has 3 heteroatoms. The van der Waals surface area contributed by atoms with Crippen LogP contribution in [-0.4, -0.2) is 24.2 Å². The Kier molecular flexibility index (Phi) is 7.13. The Morgan fingerprint density at radius 3 is 1.96 bits per heavy atom. The van der Waals surface area contributed by atoms with Gasteiger partial charge in [0.15, 0.2) is 11.5 Å². The maximum Gasteiger partial charge on any atom is 0.169 e. The van der Waals surface area contributed by atoms with Crippen molar-refractivity contribution in [3.05, 3.63) is 54.1 Å². The van der Waals surface area contributed by atoms with Gasteiger partial charge in [0, 0.05) is 13.1 Å². The first-order valence-corrected chi connectivity index (χ1v) is 8.88. The van der Waals surface area contributed by atoms with Gasteiger partial charge in [-0.2, -0.15) is 0 Å². The zero-order chi connectivity index (χ0) is 17.4. The number of benzene rings is 2. The molecule has 0 spiro atoms. The first kappa shape index (κ1) is 18.3. The Labute approximate surface area is 146 Å². The molecule has 130 valence electrons. The summed E-state index contributed by atoms with van der Waals surface area (Å²) in [5.41, 5.74) is 1.11. The predicted molar refractivity (Wildman–Crippen MR) is 99.9 cm³/mol. The van der Waals surface area contributed by atoms with E-state index in [0.717, 1.165) is 48.7 Å². The number of hydrogen-bond donors (Lipinski definition) is 0. The zero-order valence-corrected chi connectivity index (χ0v) is 15.3. The van der Waals surface area contributed by atoms with Gasteiger partial charge in [-0.15, -0.1) is 0 Å². The Hall–Kier alpha value is -2.00. The van der Waals surface area contributed by atoms with E-state index in [9.17, 15) is 0 Å². The third-order valence-corrected chi connectivity index (χ3v) is 4.00. The minimum Gasteiger partial charge on any atom is -0.472 e. The second-order valence-electron chi connectivity index (χ2n) is 6.07. The molecular formula is C21H29NO2. The molecule has 24 heavy (non-hydrogen) atoms. The molecule has 0 saturated heterocycles. The van der Waals surface area contributed by atoms with Crippen LogP contribution in [0.5, 0.6) is 17.2 Å². The van der Waals surface area contributed by atoms with Crippen LogP contribution in [-0.2, 0) is 0 Å². The van der Waals surface area contributed by atoms with E-state index in [1.54, 1.807) is 0 Å². The van der Waals surface area contributed by atoms with Gasteiger partial charge in [0.1, 0.15) is 12.0 Å². The Balaban J connectivity index is 2.15. The number of ether oxygens (including phenoxy) is 2. The van der Waals surface area contributed by atoms with Crippen LogP contribution in [0, 0.1) is 6.92 Å². The molecule has 0 N–H and O–H groups in total. The number of para-hydroxylation sites is 3. The van der Waals surface area contributed by atoms with Crippen molar-refractivity contribution in [2.45, 2.75) is 46.8 Å². The number of hydrogen-bond acceptors (Lipinski definition) is 3. The highest BCUT2D eigenvalue weighted by Gasteiger charge is 2.16. The highest BCUT2D eigenvalue weighted by molar-refractivity contribution is 5.44. The van der Waals surface area contributed by atoms with E-state index in [1.807, 2.05) is 55.5 Å². The number of rotatable bonds is 9. The summed E-state index contributed by atoms with van der Waals surface area (Å²) in [6, 6.07) is 15.9. The maximum absolute atomic E-state index is 6.23. The van der Waals surface area contributed by atoms with E-state index in [2.05, 4.69) is 25.7 Å². The maximum atomic E-state index is 6.23. The van der Waals surface area contributed by atoms with Gasteiger partial charge >= 0.3 is 0 Å². The van der Waals surface area contributed by atoms with Crippen LogP contribution < -0.4 is 9.47 Å². The molecule has 0 aromatic heterocycles. The van der Waals surface area contributed by atoms with Crippen LogP contribution in [0.1, 0.15) is 39.2 Å². The van der Waals surface area contributed by atoms with Crippen LogP contribution >= 0.6 is 0 Å². The molecular weight excluding hydrogens is 298 g/mol. The highest BCUT2D eigenvalue weighted by atomic mass is 16.5. The molecule has 2 aromatic rings. The third-order valence-electron chi connectivity index (χ3n) is 4.00. The predicted octanol–water partition coefficient (Wildman–Crippen LogP) is 5.63. The molecule has 0 saturated carbocycles. The molecule has 0 bridgehead atoms. The lowest BCUT2D eigenvalue weighted by molar-refractivity contribution is 0.0380. The molecule has 1 atom stereocenters. The third kappa shape index (κ3) is 5.00. The first-order chi connectivity index (χ1) is 11.7. The van der Waals surface area contributed by atoms with Crippen LogP contribution in [0.25, 0.3) is 0 Å². The smallest absolute Gasteiger partial charge is 0.169 e. The Morgan fingerprint density at radius 2 is 1.38 bits per heavy atom. The van der Waals surface area contributed by atoms with E-state index >= 15 is 0 Å². The summed E-state index contributed by atoms with van der Waals surface area (Å²) in [4.78, 5) is 2.37. The van der Waals surface area contributed by atoms with Crippen LogP contribution in [0.4, 0.5) is 0 Å². The van der Waals surface area contributed by atoms with Gasteiger partial charge in [-0.1, -0.05) is 44.2 Å².